The van der Waals surface area contributed by atoms with Crippen molar-refractivity contribution in [3.63, 3.8) is 0 Å². The highest BCUT2D eigenvalue weighted by Gasteiger charge is 2.15. The first-order valence-electron chi connectivity index (χ1n) is 5.59. The van der Waals surface area contributed by atoms with Gasteiger partial charge in [0, 0.05) is 11.3 Å². The molecule has 0 radical (unpaired) electrons. The molecule has 18 heavy (non-hydrogen) atoms. The van der Waals surface area contributed by atoms with Crippen molar-refractivity contribution in [3.8, 4) is 11.4 Å². The van der Waals surface area contributed by atoms with Crippen molar-refractivity contribution in [3.05, 3.63) is 41.2 Å². The van der Waals surface area contributed by atoms with E-state index in [1.54, 1.807) is 6.92 Å². The molecule has 94 valence electrons. The van der Waals surface area contributed by atoms with E-state index in [4.69, 9.17) is 0 Å². The number of hydroxylamine groups is 1. The maximum atomic E-state index is 11.7. The van der Waals surface area contributed by atoms with E-state index >= 15 is 0 Å². The van der Waals surface area contributed by atoms with Crippen molar-refractivity contribution >= 4 is 5.91 Å². The summed E-state index contributed by atoms with van der Waals surface area (Å²) in [6.07, 6.45) is 0. The Kier molecular flexibility index (Phi) is 3.43. The van der Waals surface area contributed by atoms with Gasteiger partial charge in [-0.2, -0.15) is 0 Å². The number of aromatic nitrogens is 2. The Morgan fingerprint density at radius 3 is 2.83 bits per heavy atom. The molecular weight excluding hydrogens is 230 g/mol. The van der Waals surface area contributed by atoms with Gasteiger partial charge in [0.1, 0.15) is 5.82 Å². The molecule has 0 unspecified atom stereocenters. The van der Waals surface area contributed by atoms with Gasteiger partial charge in [-0.25, -0.2) is 10.5 Å². The summed E-state index contributed by atoms with van der Waals surface area (Å²) >= 11 is 0. The quantitative estimate of drug-likeness (QED) is 0.812. The third-order valence-corrected chi connectivity index (χ3v) is 2.59. The van der Waals surface area contributed by atoms with Gasteiger partial charge in [0.25, 0.3) is 5.91 Å². The van der Waals surface area contributed by atoms with E-state index in [0.717, 1.165) is 11.1 Å². The normalized spacial score (nSPS) is 10.4. The minimum Gasteiger partial charge on any atom is -0.341 e. The summed E-state index contributed by atoms with van der Waals surface area (Å²) in [6.45, 7) is 3.81. The first kappa shape index (κ1) is 12.3. The highest BCUT2D eigenvalue weighted by atomic mass is 16.6. The third-order valence-electron chi connectivity index (χ3n) is 2.59. The number of carbonyl (C=O) groups excluding carboxylic acids is 1. The zero-order chi connectivity index (χ0) is 13.1. The molecule has 2 aromatic rings. The molecule has 0 fully saturated rings. The summed E-state index contributed by atoms with van der Waals surface area (Å²) in [7, 11) is 1.39. The standard InChI is InChI=1S/C13H15N3O2/c1-8-5-4-6-10(7-8)12-14-9(2)11(15-12)13(17)16-18-3/h4-7H,1-3H3,(H,14,15)(H,16,17). The lowest BCUT2D eigenvalue weighted by atomic mass is 10.1. The topological polar surface area (TPSA) is 67.0 Å². The smallest absolute Gasteiger partial charge is 0.295 e. The van der Waals surface area contributed by atoms with E-state index in [1.165, 1.54) is 7.11 Å². The fourth-order valence-electron chi connectivity index (χ4n) is 1.75. The predicted molar refractivity (Wildman–Crippen MR) is 68.0 cm³/mol. The van der Waals surface area contributed by atoms with E-state index in [0.29, 0.717) is 17.2 Å². The number of H-pyrrole nitrogens is 1. The molecule has 1 heterocycles. The molecule has 0 saturated carbocycles. The second kappa shape index (κ2) is 5.01. The number of hydrogen-bond acceptors (Lipinski definition) is 3. The van der Waals surface area contributed by atoms with Crippen LogP contribution in [0.4, 0.5) is 0 Å². The first-order valence-corrected chi connectivity index (χ1v) is 5.59. The summed E-state index contributed by atoms with van der Waals surface area (Å²) in [5.41, 5.74) is 5.40. The second-order valence-corrected chi connectivity index (χ2v) is 4.06. The van der Waals surface area contributed by atoms with Crippen molar-refractivity contribution in [2.24, 2.45) is 0 Å². The Balaban J connectivity index is 2.37. The lowest BCUT2D eigenvalue weighted by molar-refractivity contribution is 0.0532. The van der Waals surface area contributed by atoms with Crippen LogP contribution in [0.5, 0.6) is 0 Å². The maximum absolute atomic E-state index is 11.7. The van der Waals surface area contributed by atoms with E-state index in [-0.39, 0.29) is 5.91 Å². The zero-order valence-electron chi connectivity index (χ0n) is 10.6. The van der Waals surface area contributed by atoms with Crippen molar-refractivity contribution in [1.29, 1.82) is 0 Å². The molecule has 2 N–H and O–H groups in total. The van der Waals surface area contributed by atoms with Crippen LogP contribution in [-0.2, 0) is 4.84 Å². The zero-order valence-corrected chi connectivity index (χ0v) is 10.6. The average molecular weight is 245 g/mol. The largest absolute Gasteiger partial charge is 0.341 e. The number of aromatic amines is 1. The Labute approximate surface area is 105 Å². The molecule has 0 aliphatic carbocycles. The van der Waals surface area contributed by atoms with Gasteiger partial charge < -0.3 is 4.98 Å². The van der Waals surface area contributed by atoms with Crippen LogP contribution in [0, 0.1) is 13.8 Å². The van der Waals surface area contributed by atoms with Crippen molar-refractivity contribution in [2.45, 2.75) is 13.8 Å². The number of aryl methyl sites for hydroxylation is 2. The fourth-order valence-corrected chi connectivity index (χ4v) is 1.75. The molecule has 0 atom stereocenters. The predicted octanol–water partition coefficient (Wildman–Crippen LogP) is 1.98. The van der Waals surface area contributed by atoms with Gasteiger partial charge in [-0.3, -0.25) is 9.63 Å². The molecule has 5 nitrogen and oxygen atoms in total. The summed E-state index contributed by atoms with van der Waals surface area (Å²) in [5.74, 6) is 0.322. The van der Waals surface area contributed by atoms with Crippen LogP contribution in [0.3, 0.4) is 0 Å². The number of nitrogens with one attached hydrogen (secondary N) is 2. The van der Waals surface area contributed by atoms with Crippen LogP contribution in [0.15, 0.2) is 24.3 Å². The van der Waals surface area contributed by atoms with E-state index in [9.17, 15) is 4.79 Å². The van der Waals surface area contributed by atoms with Crippen LogP contribution in [0.25, 0.3) is 11.4 Å². The van der Waals surface area contributed by atoms with Crippen LogP contribution in [0.2, 0.25) is 0 Å². The molecule has 1 amide bonds. The minimum atomic E-state index is -0.356. The molecule has 2 rings (SSSR count). The summed E-state index contributed by atoms with van der Waals surface area (Å²) in [4.78, 5) is 23.6. The van der Waals surface area contributed by atoms with Gasteiger partial charge in [-0.05, 0) is 19.9 Å². The van der Waals surface area contributed by atoms with Crippen LogP contribution in [0.1, 0.15) is 21.7 Å². The van der Waals surface area contributed by atoms with Crippen molar-refractivity contribution in [2.75, 3.05) is 7.11 Å². The molecule has 1 aromatic heterocycles. The summed E-state index contributed by atoms with van der Waals surface area (Å²) in [6, 6.07) is 7.93. The highest BCUT2D eigenvalue weighted by Crippen LogP contribution is 2.19. The molecule has 0 spiro atoms. The monoisotopic (exact) mass is 245 g/mol. The summed E-state index contributed by atoms with van der Waals surface area (Å²) in [5, 5.41) is 0. The lowest BCUT2D eigenvalue weighted by Crippen LogP contribution is -2.22. The average Bonchev–Trinajstić information content (AvgIpc) is 2.72. The maximum Gasteiger partial charge on any atom is 0.295 e. The number of benzene rings is 1. The fraction of sp³-hybridized carbons (Fsp3) is 0.231. The Bertz CT molecular complexity index is 575. The molecule has 0 aliphatic rings. The van der Waals surface area contributed by atoms with E-state index in [1.807, 2.05) is 31.2 Å². The molecule has 0 saturated heterocycles. The molecule has 0 aliphatic heterocycles. The molecule has 0 bridgehead atoms. The number of amides is 1. The van der Waals surface area contributed by atoms with Crippen LogP contribution in [-0.4, -0.2) is 23.0 Å². The molecular formula is C13H15N3O2. The van der Waals surface area contributed by atoms with Crippen LogP contribution >= 0.6 is 0 Å². The van der Waals surface area contributed by atoms with Gasteiger partial charge in [0.2, 0.25) is 0 Å². The number of nitrogens with zero attached hydrogens (tertiary/aromatic N) is 1. The SMILES string of the molecule is CONC(=O)c1nc(-c2cccc(C)c2)[nH]c1C. The number of hydrogen-bond donors (Lipinski definition) is 2. The first-order chi connectivity index (χ1) is 8.61. The molecule has 1 aromatic carbocycles. The van der Waals surface area contributed by atoms with Crippen LogP contribution < -0.4 is 5.48 Å². The van der Waals surface area contributed by atoms with E-state index < -0.39 is 0 Å². The Morgan fingerprint density at radius 2 is 2.17 bits per heavy atom. The lowest BCUT2D eigenvalue weighted by Gasteiger charge is -1.98. The Morgan fingerprint density at radius 1 is 1.39 bits per heavy atom. The van der Waals surface area contributed by atoms with Crippen molar-refractivity contribution < 1.29 is 9.63 Å². The van der Waals surface area contributed by atoms with Gasteiger partial charge in [-0.15, -0.1) is 0 Å². The van der Waals surface area contributed by atoms with Gasteiger partial charge in [0.05, 0.1) is 7.11 Å². The summed E-state index contributed by atoms with van der Waals surface area (Å²) < 4.78 is 0. The number of rotatable bonds is 3. The van der Waals surface area contributed by atoms with Gasteiger partial charge >= 0.3 is 0 Å². The minimum absolute atomic E-state index is 0.341. The third kappa shape index (κ3) is 2.41. The van der Waals surface area contributed by atoms with Gasteiger partial charge in [-0.1, -0.05) is 23.8 Å². The molecule has 5 heteroatoms. The number of imidazole rings is 1. The number of carbonyl (C=O) groups is 1. The van der Waals surface area contributed by atoms with Crippen molar-refractivity contribution in [1.82, 2.24) is 15.4 Å². The Hall–Kier alpha value is -2.14. The second-order valence-electron chi connectivity index (χ2n) is 4.06. The van der Waals surface area contributed by atoms with E-state index in [2.05, 4.69) is 20.3 Å². The highest BCUT2D eigenvalue weighted by molar-refractivity contribution is 5.93. The van der Waals surface area contributed by atoms with Gasteiger partial charge in [0.15, 0.2) is 5.69 Å².